The number of aryl methyl sites for hydroxylation is 1. The fourth-order valence-electron chi connectivity index (χ4n) is 3.18. The normalized spacial score (nSPS) is 26.5. The average molecular weight is 305 g/mol. The van der Waals surface area contributed by atoms with E-state index in [-0.39, 0.29) is 0 Å². The van der Waals surface area contributed by atoms with Crippen LogP contribution in [-0.4, -0.2) is 29.6 Å². The van der Waals surface area contributed by atoms with E-state index in [9.17, 15) is 5.11 Å². The summed E-state index contributed by atoms with van der Waals surface area (Å²) in [6, 6.07) is 6.82. The Morgan fingerprint density at radius 2 is 2.05 bits per heavy atom. The Hall–Kier alpha value is -0.900. The summed E-state index contributed by atoms with van der Waals surface area (Å²) in [6.45, 7) is 9.30. The van der Waals surface area contributed by atoms with E-state index in [2.05, 4.69) is 49.4 Å². The van der Waals surface area contributed by atoms with E-state index in [0.29, 0.717) is 6.04 Å². The van der Waals surface area contributed by atoms with Crippen LogP contribution in [0.2, 0.25) is 0 Å². The SMILES string of the molecule is CC.Cc1cccc2scc(C3(O)CCN(C)C(C)C3)c12. The Morgan fingerprint density at radius 3 is 2.71 bits per heavy atom. The molecule has 2 nitrogen and oxygen atoms in total. The molecule has 1 aromatic heterocycles. The summed E-state index contributed by atoms with van der Waals surface area (Å²) in [5.41, 5.74) is 1.76. The van der Waals surface area contributed by atoms with Gasteiger partial charge in [-0.2, -0.15) is 0 Å². The predicted octanol–water partition coefficient (Wildman–Crippen LogP) is 4.54. The van der Waals surface area contributed by atoms with Gasteiger partial charge in [0, 0.05) is 28.2 Å². The maximum absolute atomic E-state index is 11.1. The third kappa shape index (κ3) is 3.01. The first-order chi connectivity index (χ1) is 10.0. The van der Waals surface area contributed by atoms with Crippen molar-refractivity contribution in [2.24, 2.45) is 0 Å². The van der Waals surface area contributed by atoms with Crippen molar-refractivity contribution in [3.63, 3.8) is 0 Å². The zero-order chi connectivity index (χ0) is 15.6. The molecule has 1 aliphatic rings. The Labute approximate surface area is 132 Å². The summed E-state index contributed by atoms with van der Waals surface area (Å²) in [6.07, 6.45) is 1.65. The van der Waals surface area contributed by atoms with Crippen LogP contribution in [0.25, 0.3) is 10.1 Å². The van der Waals surface area contributed by atoms with Gasteiger partial charge in [0.25, 0.3) is 0 Å². The smallest absolute Gasteiger partial charge is 0.0937 e. The second-order valence-corrected chi connectivity index (χ2v) is 6.82. The minimum Gasteiger partial charge on any atom is -0.385 e. The van der Waals surface area contributed by atoms with Crippen LogP contribution in [0.15, 0.2) is 23.6 Å². The molecule has 0 saturated carbocycles. The Bertz CT molecular complexity index is 606. The monoisotopic (exact) mass is 305 g/mol. The lowest BCUT2D eigenvalue weighted by Gasteiger charge is -2.41. The van der Waals surface area contributed by atoms with Crippen molar-refractivity contribution in [3.05, 3.63) is 34.7 Å². The molecular formula is C18H27NOS. The lowest BCUT2D eigenvalue weighted by molar-refractivity contribution is -0.0394. The number of fused-ring (bicyclic) bond motifs is 1. The third-order valence-corrected chi connectivity index (χ3v) is 5.52. The van der Waals surface area contributed by atoms with Gasteiger partial charge >= 0.3 is 0 Å². The number of likely N-dealkylation sites (tertiary alicyclic amines) is 1. The first-order valence-corrected chi connectivity index (χ1v) is 8.79. The van der Waals surface area contributed by atoms with Crippen molar-refractivity contribution in [2.75, 3.05) is 13.6 Å². The lowest BCUT2D eigenvalue weighted by atomic mass is 9.81. The van der Waals surface area contributed by atoms with Crippen LogP contribution in [0, 0.1) is 6.92 Å². The number of hydrogen-bond acceptors (Lipinski definition) is 3. The van der Waals surface area contributed by atoms with Crippen molar-refractivity contribution >= 4 is 21.4 Å². The van der Waals surface area contributed by atoms with Gasteiger partial charge in [0.15, 0.2) is 0 Å². The quantitative estimate of drug-likeness (QED) is 0.836. The molecule has 21 heavy (non-hydrogen) atoms. The predicted molar refractivity (Wildman–Crippen MR) is 93.1 cm³/mol. The number of thiophene rings is 1. The van der Waals surface area contributed by atoms with Crippen molar-refractivity contribution in [1.82, 2.24) is 4.90 Å². The standard InChI is InChI=1S/C16H21NOS.C2H6/c1-11-5-4-6-14-15(11)13(10-19-14)16(18)7-8-17(3)12(2)9-16;1-2/h4-6,10,12,18H,7-9H2,1-3H3;1-2H3. The first kappa shape index (κ1) is 16.5. The summed E-state index contributed by atoms with van der Waals surface area (Å²) in [4.78, 5) is 2.33. The van der Waals surface area contributed by atoms with Gasteiger partial charge in [0.05, 0.1) is 5.60 Å². The van der Waals surface area contributed by atoms with Crippen LogP contribution in [0.3, 0.4) is 0 Å². The van der Waals surface area contributed by atoms with Gasteiger partial charge in [-0.1, -0.05) is 26.0 Å². The molecule has 2 aromatic rings. The molecule has 1 saturated heterocycles. The molecule has 116 valence electrons. The number of benzene rings is 1. The number of aliphatic hydroxyl groups is 1. The number of piperidine rings is 1. The van der Waals surface area contributed by atoms with Gasteiger partial charge in [0.1, 0.15) is 0 Å². The molecular weight excluding hydrogens is 278 g/mol. The molecule has 1 aromatic carbocycles. The maximum atomic E-state index is 11.1. The van der Waals surface area contributed by atoms with Crippen LogP contribution in [0.1, 0.15) is 44.7 Å². The van der Waals surface area contributed by atoms with Gasteiger partial charge < -0.3 is 10.0 Å². The van der Waals surface area contributed by atoms with E-state index in [0.717, 1.165) is 24.9 Å². The highest BCUT2D eigenvalue weighted by Crippen LogP contribution is 2.42. The zero-order valence-corrected chi connectivity index (χ0v) is 14.6. The van der Waals surface area contributed by atoms with Crippen LogP contribution >= 0.6 is 11.3 Å². The molecule has 0 radical (unpaired) electrons. The summed E-state index contributed by atoms with van der Waals surface area (Å²) in [5.74, 6) is 0. The van der Waals surface area contributed by atoms with Crippen LogP contribution in [0.4, 0.5) is 0 Å². The van der Waals surface area contributed by atoms with Gasteiger partial charge in [-0.05, 0) is 50.7 Å². The minimum absolute atomic E-state index is 0.428. The van der Waals surface area contributed by atoms with Crippen molar-refractivity contribution < 1.29 is 5.11 Å². The topological polar surface area (TPSA) is 23.5 Å². The Balaban J connectivity index is 0.000000774. The minimum atomic E-state index is -0.656. The molecule has 1 aliphatic heterocycles. The fourth-order valence-corrected chi connectivity index (χ4v) is 4.31. The highest BCUT2D eigenvalue weighted by molar-refractivity contribution is 7.17. The summed E-state index contributed by atoms with van der Waals surface area (Å²) < 4.78 is 1.29. The van der Waals surface area contributed by atoms with Gasteiger partial charge in [-0.25, -0.2) is 0 Å². The summed E-state index contributed by atoms with van der Waals surface area (Å²) in [7, 11) is 2.14. The highest BCUT2D eigenvalue weighted by Gasteiger charge is 2.38. The summed E-state index contributed by atoms with van der Waals surface area (Å²) >= 11 is 1.75. The zero-order valence-electron chi connectivity index (χ0n) is 13.8. The lowest BCUT2D eigenvalue weighted by Crippen LogP contribution is -2.45. The largest absolute Gasteiger partial charge is 0.385 e. The molecule has 0 bridgehead atoms. The van der Waals surface area contributed by atoms with Crippen molar-refractivity contribution in [1.29, 1.82) is 0 Å². The van der Waals surface area contributed by atoms with E-state index >= 15 is 0 Å². The Morgan fingerprint density at radius 1 is 1.33 bits per heavy atom. The first-order valence-electron chi connectivity index (χ1n) is 7.91. The van der Waals surface area contributed by atoms with E-state index in [1.807, 2.05) is 13.8 Å². The number of nitrogens with zero attached hydrogens (tertiary/aromatic N) is 1. The third-order valence-electron chi connectivity index (χ3n) is 4.57. The molecule has 0 aliphatic carbocycles. The van der Waals surface area contributed by atoms with E-state index in [1.165, 1.54) is 15.6 Å². The molecule has 2 atom stereocenters. The molecule has 3 heteroatoms. The molecule has 1 N–H and O–H groups in total. The second kappa shape index (κ2) is 6.47. The van der Waals surface area contributed by atoms with Gasteiger partial charge in [-0.15, -0.1) is 11.3 Å². The van der Waals surface area contributed by atoms with Crippen molar-refractivity contribution in [2.45, 2.75) is 52.2 Å². The molecule has 2 unspecified atom stereocenters. The molecule has 2 heterocycles. The maximum Gasteiger partial charge on any atom is 0.0937 e. The van der Waals surface area contributed by atoms with Gasteiger partial charge in [-0.3, -0.25) is 0 Å². The van der Waals surface area contributed by atoms with E-state index < -0.39 is 5.60 Å². The van der Waals surface area contributed by atoms with Crippen LogP contribution in [-0.2, 0) is 5.60 Å². The number of hydrogen-bond donors (Lipinski definition) is 1. The fraction of sp³-hybridized carbons (Fsp3) is 0.556. The molecule has 3 rings (SSSR count). The van der Waals surface area contributed by atoms with Crippen LogP contribution < -0.4 is 0 Å². The molecule has 1 fully saturated rings. The summed E-state index contributed by atoms with van der Waals surface area (Å²) in [5, 5.41) is 14.6. The second-order valence-electron chi connectivity index (χ2n) is 5.91. The van der Waals surface area contributed by atoms with Crippen molar-refractivity contribution in [3.8, 4) is 0 Å². The highest BCUT2D eigenvalue weighted by atomic mass is 32.1. The number of rotatable bonds is 1. The average Bonchev–Trinajstić information content (AvgIpc) is 2.92. The Kier molecular flexibility index (Phi) is 5.07. The van der Waals surface area contributed by atoms with Gasteiger partial charge in [0.2, 0.25) is 0 Å². The molecule has 0 spiro atoms. The van der Waals surface area contributed by atoms with Crippen LogP contribution in [0.5, 0.6) is 0 Å². The van der Waals surface area contributed by atoms with E-state index in [4.69, 9.17) is 0 Å². The molecule has 0 amide bonds. The van der Waals surface area contributed by atoms with E-state index in [1.54, 1.807) is 11.3 Å².